The van der Waals surface area contributed by atoms with Crippen molar-refractivity contribution in [3.63, 3.8) is 0 Å². The number of benzene rings is 1. The molecule has 1 atom stereocenters. The lowest BCUT2D eigenvalue weighted by Gasteiger charge is -2.45. The van der Waals surface area contributed by atoms with Gasteiger partial charge in [0.1, 0.15) is 0 Å². The highest BCUT2D eigenvalue weighted by atomic mass is 15.3. The zero-order valence-electron chi connectivity index (χ0n) is 13.0. The van der Waals surface area contributed by atoms with Gasteiger partial charge in [-0.05, 0) is 51.4 Å². The molecule has 0 fully saturated rings. The standard InChI is InChI=1S/C16H29N3/c1-6-16(7-2,19(4)5)15(18-17)12-14-11-9-8-10-13(14)3/h8-11,15,18H,6-7,12,17H2,1-5H3. The van der Waals surface area contributed by atoms with E-state index >= 15 is 0 Å². The fourth-order valence-electron chi connectivity index (χ4n) is 3.15. The maximum atomic E-state index is 5.87. The lowest BCUT2D eigenvalue weighted by Crippen LogP contribution is -2.61. The van der Waals surface area contributed by atoms with Crippen molar-refractivity contribution in [2.24, 2.45) is 5.84 Å². The van der Waals surface area contributed by atoms with E-state index in [1.54, 1.807) is 0 Å². The molecule has 0 radical (unpaired) electrons. The van der Waals surface area contributed by atoms with Crippen molar-refractivity contribution < 1.29 is 0 Å². The minimum atomic E-state index is 0.0943. The highest BCUT2D eigenvalue weighted by Crippen LogP contribution is 2.28. The number of aryl methyl sites for hydroxylation is 1. The van der Waals surface area contributed by atoms with Crippen LogP contribution in [0, 0.1) is 6.92 Å². The molecule has 0 bridgehead atoms. The van der Waals surface area contributed by atoms with Gasteiger partial charge in [0.05, 0.1) is 0 Å². The van der Waals surface area contributed by atoms with Crippen LogP contribution in [0.3, 0.4) is 0 Å². The first kappa shape index (κ1) is 16.2. The largest absolute Gasteiger partial charge is 0.302 e. The zero-order chi connectivity index (χ0) is 14.5. The van der Waals surface area contributed by atoms with E-state index in [0.717, 1.165) is 19.3 Å². The van der Waals surface area contributed by atoms with Crippen LogP contribution in [0.2, 0.25) is 0 Å². The van der Waals surface area contributed by atoms with Gasteiger partial charge in [0.2, 0.25) is 0 Å². The Balaban J connectivity index is 3.02. The van der Waals surface area contributed by atoms with E-state index in [9.17, 15) is 0 Å². The van der Waals surface area contributed by atoms with Crippen molar-refractivity contribution >= 4 is 0 Å². The Kier molecular flexibility index (Phi) is 5.98. The molecule has 108 valence electrons. The van der Waals surface area contributed by atoms with Crippen molar-refractivity contribution in [1.82, 2.24) is 10.3 Å². The summed E-state index contributed by atoms with van der Waals surface area (Å²) in [5, 5.41) is 0. The Morgan fingerprint density at radius 2 is 1.79 bits per heavy atom. The second-order valence-corrected chi connectivity index (χ2v) is 5.55. The first-order valence-corrected chi connectivity index (χ1v) is 7.19. The summed E-state index contributed by atoms with van der Waals surface area (Å²) in [6, 6.07) is 8.80. The molecular formula is C16H29N3. The first-order chi connectivity index (χ1) is 9.01. The lowest BCUT2D eigenvalue weighted by atomic mass is 9.80. The van der Waals surface area contributed by atoms with Crippen LogP contribution >= 0.6 is 0 Å². The summed E-state index contributed by atoms with van der Waals surface area (Å²) in [5.41, 5.74) is 5.86. The van der Waals surface area contributed by atoms with Crippen molar-refractivity contribution in [3.8, 4) is 0 Å². The fraction of sp³-hybridized carbons (Fsp3) is 0.625. The minimum Gasteiger partial charge on any atom is -0.302 e. The third kappa shape index (κ3) is 3.35. The molecule has 0 saturated heterocycles. The van der Waals surface area contributed by atoms with E-state index in [2.05, 4.69) is 69.5 Å². The molecule has 0 saturated carbocycles. The van der Waals surface area contributed by atoms with Crippen LogP contribution in [0.5, 0.6) is 0 Å². The van der Waals surface area contributed by atoms with E-state index in [1.165, 1.54) is 11.1 Å². The SMILES string of the molecule is CCC(CC)(C(Cc1ccccc1C)NN)N(C)C. The summed E-state index contributed by atoms with van der Waals surface area (Å²) in [7, 11) is 4.30. The van der Waals surface area contributed by atoms with Crippen LogP contribution in [0.25, 0.3) is 0 Å². The van der Waals surface area contributed by atoms with E-state index in [-0.39, 0.29) is 11.6 Å². The summed E-state index contributed by atoms with van der Waals surface area (Å²) < 4.78 is 0. The second kappa shape index (κ2) is 7.04. The number of nitrogens with two attached hydrogens (primary N) is 1. The molecule has 0 aliphatic carbocycles. The summed E-state index contributed by atoms with van der Waals surface area (Å²) in [4.78, 5) is 2.32. The van der Waals surface area contributed by atoms with Gasteiger partial charge in [-0.15, -0.1) is 0 Å². The van der Waals surface area contributed by atoms with Crippen LogP contribution < -0.4 is 11.3 Å². The molecule has 1 aromatic carbocycles. The van der Waals surface area contributed by atoms with Crippen LogP contribution in [0.1, 0.15) is 37.8 Å². The Morgan fingerprint density at radius 3 is 2.21 bits per heavy atom. The number of hydrogen-bond donors (Lipinski definition) is 2. The van der Waals surface area contributed by atoms with Crippen LogP contribution in [-0.2, 0) is 6.42 Å². The summed E-state index contributed by atoms with van der Waals surface area (Å²) in [6.45, 7) is 6.65. The molecule has 0 aromatic heterocycles. The molecule has 1 unspecified atom stereocenters. The van der Waals surface area contributed by atoms with Gasteiger partial charge in [-0.1, -0.05) is 38.1 Å². The number of nitrogens with zero attached hydrogens (tertiary/aromatic N) is 1. The molecule has 3 nitrogen and oxygen atoms in total. The summed E-state index contributed by atoms with van der Waals surface area (Å²) >= 11 is 0. The second-order valence-electron chi connectivity index (χ2n) is 5.55. The third-order valence-corrected chi connectivity index (χ3v) is 4.65. The Bertz CT molecular complexity index is 383. The number of hydrazine groups is 1. The third-order valence-electron chi connectivity index (χ3n) is 4.65. The van der Waals surface area contributed by atoms with Gasteiger partial charge >= 0.3 is 0 Å². The van der Waals surface area contributed by atoms with Crippen LogP contribution in [0.15, 0.2) is 24.3 Å². The number of hydrogen-bond acceptors (Lipinski definition) is 3. The lowest BCUT2D eigenvalue weighted by molar-refractivity contribution is 0.0882. The number of nitrogens with one attached hydrogen (secondary N) is 1. The maximum Gasteiger partial charge on any atom is 0.0434 e. The Hall–Kier alpha value is -0.900. The van der Waals surface area contributed by atoms with Crippen molar-refractivity contribution in [2.45, 2.75) is 51.6 Å². The van der Waals surface area contributed by atoms with E-state index in [0.29, 0.717) is 0 Å². The molecule has 19 heavy (non-hydrogen) atoms. The number of likely N-dealkylation sites (N-methyl/N-ethyl adjacent to an activating group) is 1. The predicted octanol–water partition coefficient (Wildman–Crippen LogP) is 2.49. The topological polar surface area (TPSA) is 41.3 Å². The van der Waals surface area contributed by atoms with E-state index < -0.39 is 0 Å². The Morgan fingerprint density at radius 1 is 1.21 bits per heavy atom. The first-order valence-electron chi connectivity index (χ1n) is 7.19. The van der Waals surface area contributed by atoms with E-state index in [4.69, 9.17) is 5.84 Å². The Labute approximate surface area is 118 Å². The van der Waals surface area contributed by atoms with Gasteiger partial charge in [0, 0.05) is 11.6 Å². The quantitative estimate of drug-likeness (QED) is 0.586. The molecule has 0 aliphatic heterocycles. The molecule has 1 rings (SSSR count). The average molecular weight is 263 g/mol. The maximum absolute atomic E-state index is 5.87. The molecule has 0 amide bonds. The summed E-state index contributed by atoms with van der Waals surface area (Å²) in [6.07, 6.45) is 3.12. The van der Waals surface area contributed by atoms with Gasteiger partial charge in [0.15, 0.2) is 0 Å². The molecule has 0 heterocycles. The zero-order valence-corrected chi connectivity index (χ0v) is 13.0. The van der Waals surface area contributed by atoms with Gasteiger partial charge in [-0.3, -0.25) is 11.3 Å². The van der Waals surface area contributed by atoms with E-state index in [1.807, 2.05) is 0 Å². The predicted molar refractivity (Wildman–Crippen MR) is 83.0 cm³/mol. The van der Waals surface area contributed by atoms with Crippen molar-refractivity contribution in [3.05, 3.63) is 35.4 Å². The van der Waals surface area contributed by atoms with Crippen LogP contribution in [-0.4, -0.2) is 30.6 Å². The highest BCUT2D eigenvalue weighted by Gasteiger charge is 2.37. The number of rotatable bonds is 7. The molecule has 1 aromatic rings. The highest BCUT2D eigenvalue weighted by molar-refractivity contribution is 5.27. The summed E-state index contributed by atoms with van der Waals surface area (Å²) in [5.74, 6) is 5.87. The average Bonchev–Trinajstić information content (AvgIpc) is 2.41. The van der Waals surface area contributed by atoms with Crippen molar-refractivity contribution in [2.75, 3.05) is 14.1 Å². The van der Waals surface area contributed by atoms with Gasteiger partial charge < -0.3 is 4.90 Å². The van der Waals surface area contributed by atoms with Gasteiger partial charge in [-0.2, -0.15) is 0 Å². The molecular weight excluding hydrogens is 234 g/mol. The van der Waals surface area contributed by atoms with Crippen LogP contribution in [0.4, 0.5) is 0 Å². The molecule has 0 spiro atoms. The molecule has 3 N–H and O–H groups in total. The normalized spacial score (nSPS) is 13.8. The monoisotopic (exact) mass is 263 g/mol. The smallest absolute Gasteiger partial charge is 0.0434 e. The molecule has 3 heteroatoms. The molecule has 0 aliphatic rings. The van der Waals surface area contributed by atoms with Gasteiger partial charge in [-0.25, -0.2) is 0 Å². The fourth-order valence-corrected chi connectivity index (χ4v) is 3.15. The van der Waals surface area contributed by atoms with Gasteiger partial charge in [0.25, 0.3) is 0 Å². The minimum absolute atomic E-state index is 0.0943. The van der Waals surface area contributed by atoms with Crippen molar-refractivity contribution in [1.29, 1.82) is 0 Å².